The molecule has 2 aromatic heterocycles. The molecule has 0 fully saturated rings. The van der Waals surface area contributed by atoms with Gasteiger partial charge in [-0.25, -0.2) is 9.78 Å². The van der Waals surface area contributed by atoms with Crippen molar-refractivity contribution in [3.63, 3.8) is 0 Å². The van der Waals surface area contributed by atoms with Crippen molar-refractivity contribution in [2.24, 2.45) is 0 Å². The van der Waals surface area contributed by atoms with Gasteiger partial charge in [-0.2, -0.15) is 0 Å². The first kappa shape index (κ1) is 16.9. The van der Waals surface area contributed by atoms with E-state index in [1.165, 1.54) is 0 Å². The van der Waals surface area contributed by atoms with Gasteiger partial charge in [-0.1, -0.05) is 30.3 Å². The lowest BCUT2D eigenvalue weighted by Gasteiger charge is -2.08. The van der Waals surface area contributed by atoms with Crippen molar-refractivity contribution in [3.05, 3.63) is 101 Å². The van der Waals surface area contributed by atoms with E-state index in [9.17, 15) is 9.59 Å². The van der Waals surface area contributed by atoms with Gasteiger partial charge in [-0.05, 0) is 48.5 Å². The van der Waals surface area contributed by atoms with Crippen LogP contribution in [0.15, 0.2) is 94.4 Å². The molecule has 5 rings (SSSR count). The maximum Gasteiger partial charge on any atom is 0.349 e. The zero-order valence-corrected chi connectivity index (χ0v) is 15.2. The SMILES string of the molecule is O=C(Nc1ccc(-n2cnc3ccccc32)cc1)c1cc2ccccc2oc1=O. The van der Waals surface area contributed by atoms with Crippen LogP contribution >= 0.6 is 0 Å². The molecule has 0 unspecified atom stereocenters. The number of rotatable bonds is 3. The summed E-state index contributed by atoms with van der Waals surface area (Å²) in [6.07, 6.45) is 1.76. The number of fused-ring (bicyclic) bond motifs is 2. The number of benzene rings is 3. The van der Waals surface area contributed by atoms with Gasteiger partial charge in [0.05, 0.1) is 11.0 Å². The van der Waals surface area contributed by atoms with Crippen LogP contribution in [0.4, 0.5) is 5.69 Å². The van der Waals surface area contributed by atoms with E-state index in [0.717, 1.165) is 16.7 Å². The Kier molecular flexibility index (Phi) is 3.95. The summed E-state index contributed by atoms with van der Waals surface area (Å²) in [5, 5.41) is 3.44. The van der Waals surface area contributed by atoms with E-state index in [1.54, 1.807) is 42.7 Å². The molecule has 140 valence electrons. The second-order valence-corrected chi connectivity index (χ2v) is 6.59. The van der Waals surface area contributed by atoms with E-state index < -0.39 is 11.5 Å². The summed E-state index contributed by atoms with van der Waals surface area (Å²) < 4.78 is 7.21. The molecular formula is C23H15N3O3. The highest BCUT2D eigenvalue weighted by Gasteiger charge is 2.14. The Balaban J connectivity index is 1.42. The second-order valence-electron chi connectivity index (χ2n) is 6.59. The van der Waals surface area contributed by atoms with Crippen molar-refractivity contribution in [1.82, 2.24) is 9.55 Å². The Morgan fingerprint density at radius 1 is 0.931 bits per heavy atom. The third kappa shape index (κ3) is 3.06. The normalized spacial score (nSPS) is 11.0. The summed E-state index contributed by atoms with van der Waals surface area (Å²) in [7, 11) is 0. The Morgan fingerprint density at radius 2 is 1.69 bits per heavy atom. The summed E-state index contributed by atoms with van der Waals surface area (Å²) in [6.45, 7) is 0. The highest BCUT2D eigenvalue weighted by molar-refractivity contribution is 6.05. The number of carbonyl (C=O) groups excluding carboxylic acids is 1. The molecule has 0 aliphatic carbocycles. The molecule has 0 atom stereocenters. The predicted molar refractivity (Wildman–Crippen MR) is 112 cm³/mol. The van der Waals surface area contributed by atoms with Gasteiger partial charge in [0.1, 0.15) is 17.5 Å². The van der Waals surface area contributed by atoms with Crippen molar-refractivity contribution in [2.45, 2.75) is 0 Å². The Hall–Kier alpha value is -4.19. The molecule has 1 N–H and O–H groups in total. The molecule has 29 heavy (non-hydrogen) atoms. The van der Waals surface area contributed by atoms with Crippen molar-refractivity contribution in [2.75, 3.05) is 5.32 Å². The van der Waals surface area contributed by atoms with E-state index in [0.29, 0.717) is 16.7 Å². The third-order valence-electron chi connectivity index (χ3n) is 4.74. The number of para-hydroxylation sites is 3. The van der Waals surface area contributed by atoms with Gasteiger partial charge in [-0.15, -0.1) is 0 Å². The fourth-order valence-electron chi connectivity index (χ4n) is 3.29. The molecule has 0 saturated carbocycles. The van der Waals surface area contributed by atoms with Gasteiger partial charge < -0.3 is 9.73 Å². The summed E-state index contributed by atoms with van der Waals surface area (Å²) in [6, 6.07) is 23.8. The first-order valence-corrected chi connectivity index (χ1v) is 9.06. The molecule has 5 aromatic rings. The van der Waals surface area contributed by atoms with Crippen LogP contribution < -0.4 is 10.9 Å². The van der Waals surface area contributed by atoms with Crippen molar-refractivity contribution in [1.29, 1.82) is 0 Å². The Bertz CT molecular complexity index is 1420. The number of anilines is 1. The Morgan fingerprint density at radius 3 is 2.55 bits per heavy atom. The maximum atomic E-state index is 12.6. The van der Waals surface area contributed by atoms with Crippen LogP contribution in [-0.2, 0) is 0 Å². The number of amides is 1. The fraction of sp³-hybridized carbons (Fsp3) is 0. The standard InChI is InChI=1S/C23H15N3O3/c27-22(18-13-15-5-1-4-8-21(15)29-23(18)28)25-16-9-11-17(12-10-16)26-14-24-19-6-2-3-7-20(19)26/h1-14H,(H,25,27). The number of aromatic nitrogens is 2. The van der Waals surface area contributed by atoms with Gasteiger partial charge in [0.2, 0.25) is 0 Å². The number of hydrogen-bond donors (Lipinski definition) is 1. The molecule has 6 heteroatoms. The summed E-state index contributed by atoms with van der Waals surface area (Å²) in [5.41, 5.74) is 3.16. The van der Waals surface area contributed by atoms with E-state index in [2.05, 4.69) is 10.3 Å². The van der Waals surface area contributed by atoms with Crippen LogP contribution in [0.3, 0.4) is 0 Å². The van der Waals surface area contributed by atoms with Gasteiger partial charge in [0.15, 0.2) is 0 Å². The van der Waals surface area contributed by atoms with E-state index >= 15 is 0 Å². The molecule has 0 aliphatic heterocycles. The molecule has 0 bridgehead atoms. The van der Waals surface area contributed by atoms with Gasteiger partial charge >= 0.3 is 5.63 Å². The summed E-state index contributed by atoms with van der Waals surface area (Å²) in [4.78, 5) is 29.1. The average Bonchev–Trinajstić information content (AvgIpc) is 3.18. The number of hydrogen-bond acceptors (Lipinski definition) is 4. The van der Waals surface area contributed by atoms with E-state index in [1.807, 2.05) is 47.0 Å². The van der Waals surface area contributed by atoms with Crippen LogP contribution in [0.1, 0.15) is 10.4 Å². The zero-order valence-electron chi connectivity index (χ0n) is 15.2. The highest BCUT2D eigenvalue weighted by atomic mass is 16.4. The largest absolute Gasteiger partial charge is 0.422 e. The second kappa shape index (κ2) is 6.76. The van der Waals surface area contributed by atoms with Crippen molar-refractivity contribution in [3.8, 4) is 5.69 Å². The molecular weight excluding hydrogens is 366 g/mol. The summed E-state index contributed by atoms with van der Waals surface area (Å²) >= 11 is 0. The molecule has 2 heterocycles. The predicted octanol–water partition coefficient (Wildman–Crippen LogP) is 4.38. The summed E-state index contributed by atoms with van der Waals surface area (Å²) in [5.74, 6) is -0.509. The molecule has 0 radical (unpaired) electrons. The average molecular weight is 381 g/mol. The first-order valence-electron chi connectivity index (χ1n) is 9.06. The lowest BCUT2D eigenvalue weighted by atomic mass is 10.1. The van der Waals surface area contributed by atoms with Crippen molar-refractivity contribution < 1.29 is 9.21 Å². The number of nitrogens with one attached hydrogen (secondary N) is 1. The molecule has 0 saturated heterocycles. The highest BCUT2D eigenvalue weighted by Crippen LogP contribution is 2.20. The minimum atomic E-state index is -0.664. The maximum absolute atomic E-state index is 12.6. The van der Waals surface area contributed by atoms with Gasteiger partial charge in [0, 0.05) is 16.8 Å². The molecule has 0 aliphatic rings. The first-order chi connectivity index (χ1) is 14.2. The number of nitrogens with zero attached hydrogens (tertiary/aromatic N) is 2. The zero-order chi connectivity index (χ0) is 19.8. The molecule has 3 aromatic carbocycles. The van der Waals surface area contributed by atoms with Crippen LogP contribution in [0.2, 0.25) is 0 Å². The van der Waals surface area contributed by atoms with Crippen LogP contribution in [0, 0.1) is 0 Å². The van der Waals surface area contributed by atoms with E-state index in [4.69, 9.17) is 4.42 Å². The monoisotopic (exact) mass is 381 g/mol. The van der Waals surface area contributed by atoms with Crippen LogP contribution in [-0.4, -0.2) is 15.5 Å². The lowest BCUT2D eigenvalue weighted by Crippen LogP contribution is -2.20. The van der Waals surface area contributed by atoms with Gasteiger partial charge in [0.25, 0.3) is 5.91 Å². The number of imidazole rings is 1. The van der Waals surface area contributed by atoms with Crippen LogP contribution in [0.25, 0.3) is 27.7 Å². The quantitative estimate of drug-likeness (QED) is 0.471. The molecule has 6 nitrogen and oxygen atoms in total. The van der Waals surface area contributed by atoms with E-state index in [-0.39, 0.29) is 5.56 Å². The third-order valence-corrected chi connectivity index (χ3v) is 4.74. The lowest BCUT2D eigenvalue weighted by molar-refractivity contribution is 0.102. The van der Waals surface area contributed by atoms with Crippen molar-refractivity contribution >= 4 is 33.6 Å². The smallest absolute Gasteiger partial charge is 0.349 e. The molecule has 0 spiro atoms. The van der Waals surface area contributed by atoms with Gasteiger partial charge in [-0.3, -0.25) is 9.36 Å². The molecule has 1 amide bonds. The Labute approximate surface area is 165 Å². The topological polar surface area (TPSA) is 77.1 Å². The number of carbonyl (C=O) groups is 1. The minimum Gasteiger partial charge on any atom is -0.422 e. The minimum absolute atomic E-state index is 0.0339. The van der Waals surface area contributed by atoms with Crippen LogP contribution in [0.5, 0.6) is 0 Å². The fourth-order valence-corrected chi connectivity index (χ4v) is 3.29.